The van der Waals surface area contributed by atoms with Gasteiger partial charge in [-0.25, -0.2) is 4.98 Å². The van der Waals surface area contributed by atoms with E-state index in [1.165, 1.54) is 0 Å². The summed E-state index contributed by atoms with van der Waals surface area (Å²) < 4.78 is 0. The Morgan fingerprint density at radius 1 is 1.38 bits per heavy atom. The Bertz CT molecular complexity index is 592. The molecule has 1 atom stereocenters. The van der Waals surface area contributed by atoms with Crippen LogP contribution in [0.2, 0.25) is 0 Å². The lowest BCUT2D eigenvalue weighted by Gasteiger charge is -2.13. The summed E-state index contributed by atoms with van der Waals surface area (Å²) in [5.41, 5.74) is 1.46. The SMILES string of the molecule is Cc1nc(-c2ccc(C(=O)NC(C)CCCO)cc2)n[nH]1. The molecule has 3 N–H and O–H groups in total. The van der Waals surface area contributed by atoms with Gasteiger partial charge in [0, 0.05) is 23.8 Å². The number of amides is 1. The molecule has 21 heavy (non-hydrogen) atoms. The fourth-order valence-corrected chi connectivity index (χ4v) is 2.02. The number of aryl methyl sites for hydroxylation is 1. The van der Waals surface area contributed by atoms with Crippen LogP contribution in [0.15, 0.2) is 24.3 Å². The first-order valence-electron chi connectivity index (χ1n) is 7.01. The zero-order chi connectivity index (χ0) is 15.2. The number of nitrogens with one attached hydrogen (secondary N) is 2. The smallest absolute Gasteiger partial charge is 0.251 e. The van der Waals surface area contributed by atoms with Crippen molar-refractivity contribution in [1.82, 2.24) is 20.5 Å². The summed E-state index contributed by atoms with van der Waals surface area (Å²) in [6.45, 7) is 3.91. The van der Waals surface area contributed by atoms with E-state index in [4.69, 9.17) is 5.11 Å². The van der Waals surface area contributed by atoms with Crippen LogP contribution in [0.25, 0.3) is 11.4 Å². The Morgan fingerprint density at radius 2 is 2.10 bits per heavy atom. The van der Waals surface area contributed by atoms with Crippen LogP contribution in [0, 0.1) is 6.92 Å². The quantitative estimate of drug-likeness (QED) is 0.754. The lowest BCUT2D eigenvalue weighted by Crippen LogP contribution is -2.32. The van der Waals surface area contributed by atoms with Gasteiger partial charge in [0.05, 0.1) is 0 Å². The third-order valence-electron chi connectivity index (χ3n) is 3.18. The summed E-state index contributed by atoms with van der Waals surface area (Å²) in [5.74, 6) is 1.26. The second-order valence-corrected chi connectivity index (χ2v) is 5.06. The molecule has 6 nitrogen and oxygen atoms in total. The molecule has 0 saturated carbocycles. The molecule has 0 aliphatic carbocycles. The Kier molecular flexibility index (Phi) is 5.05. The van der Waals surface area contributed by atoms with Crippen molar-refractivity contribution in [3.05, 3.63) is 35.7 Å². The highest BCUT2D eigenvalue weighted by Gasteiger charge is 2.10. The highest BCUT2D eigenvalue weighted by Crippen LogP contribution is 2.15. The monoisotopic (exact) mass is 288 g/mol. The Balaban J connectivity index is 2.00. The molecule has 1 aromatic carbocycles. The molecule has 0 spiro atoms. The van der Waals surface area contributed by atoms with Crippen molar-refractivity contribution in [2.24, 2.45) is 0 Å². The first kappa shape index (κ1) is 15.2. The largest absolute Gasteiger partial charge is 0.396 e. The van der Waals surface area contributed by atoms with Crippen molar-refractivity contribution in [2.45, 2.75) is 32.7 Å². The molecule has 2 aromatic rings. The molecule has 6 heteroatoms. The van der Waals surface area contributed by atoms with Crippen molar-refractivity contribution in [1.29, 1.82) is 0 Å². The maximum Gasteiger partial charge on any atom is 0.251 e. The molecule has 2 rings (SSSR count). The fraction of sp³-hybridized carbons (Fsp3) is 0.400. The van der Waals surface area contributed by atoms with E-state index in [1.54, 1.807) is 12.1 Å². The molecule has 112 valence electrons. The Labute approximate surface area is 123 Å². The number of aliphatic hydroxyl groups is 1. The summed E-state index contributed by atoms with van der Waals surface area (Å²) in [6, 6.07) is 7.22. The van der Waals surface area contributed by atoms with Crippen LogP contribution in [0.1, 0.15) is 35.9 Å². The summed E-state index contributed by atoms with van der Waals surface area (Å²) in [6.07, 6.45) is 1.45. The molecule has 1 amide bonds. The normalized spacial score (nSPS) is 12.1. The maximum absolute atomic E-state index is 12.1. The molecular weight excluding hydrogens is 268 g/mol. The molecular formula is C15H20N4O2. The van der Waals surface area contributed by atoms with E-state index in [2.05, 4.69) is 20.5 Å². The van der Waals surface area contributed by atoms with Crippen molar-refractivity contribution in [2.75, 3.05) is 6.61 Å². The molecule has 0 aliphatic heterocycles. The van der Waals surface area contributed by atoms with Gasteiger partial charge in [0.2, 0.25) is 0 Å². The highest BCUT2D eigenvalue weighted by molar-refractivity contribution is 5.94. The van der Waals surface area contributed by atoms with Crippen molar-refractivity contribution in [3.63, 3.8) is 0 Å². The number of nitrogens with zero attached hydrogens (tertiary/aromatic N) is 2. The average molecular weight is 288 g/mol. The number of aromatic nitrogens is 3. The summed E-state index contributed by atoms with van der Waals surface area (Å²) in [4.78, 5) is 16.3. The molecule has 1 heterocycles. The number of rotatable bonds is 6. The van der Waals surface area contributed by atoms with Gasteiger partial charge in [0.1, 0.15) is 5.82 Å². The lowest BCUT2D eigenvalue weighted by atomic mass is 10.1. The molecule has 0 bridgehead atoms. The molecule has 0 radical (unpaired) electrons. The van der Waals surface area contributed by atoms with Gasteiger partial charge in [-0.1, -0.05) is 12.1 Å². The second-order valence-electron chi connectivity index (χ2n) is 5.06. The summed E-state index contributed by atoms with van der Waals surface area (Å²) >= 11 is 0. The van der Waals surface area contributed by atoms with Crippen LogP contribution in [0.3, 0.4) is 0 Å². The number of aromatic amines is 1. The van der Waals surface area contributed by atoms with Crippen molar-refractivity contribution < 1.29 is 9.90 Å². The number of hydrogen-bond donors (Lipinski definition) is 3. The number of carbonyl (C=O) groups excluding carboxylic acids is 1. The van der Waals surface area contributed by atoms with E-state index in [-0.39, 0.29) is 18.6 Å². The lowest BCUT2D eigenvalue weighted by molar-refractivity contribution is 0.0936. The van der Waals surface area contributed by atoms with Crippen molar-refractivity contribution in [3.8, 4) is 11.4 Å². The van der Waals surface area contributed by atoms with Crippen LogP contribution in [0.5, 0.6) is 0 Å². The number of benzene rings is 1. The number of H-pyrrole nitrogens is 1. The van der Waals surface area contributed by atoms with Crippen LogP contribution >= 0.6 is 0 Å². The molecule has 1 aromatic heterocycles. The van der Waals surface area contributed by atoms with Crippen molar-refractivity contribution >= 4 is 5.91 Å². The van der Waals surface area contributed by atoms with Gasteiger partial charge in [-0.3, -0.25) is 9.89 Å². The van der Waals surface area contributed by atoms with Gasteiger partial charge in [0.15, 0.2) is 5.82 Å². The van der Waals surface area contributed by atoms with E-state index < -0.39 is 0 Å². The minimum absolute atomic E-state index is 0.0417. The second kappa shape index (κ2) is 6.99. The Hall–Kier alpha value is -2.21. The summed E-state index contributed by atoms with van der Waals surface area (Å²) in [5, 5.41) is 18.6. The van der Waals surface area contributed by atoms with Gasteiger partial charge in [-0.2, -0.15) is 5.10 Å². The van der Waals surface area contributed by atoms with Gasteiger partial charge in [-0.05, 0) is 38.8 Å². The minimum atomic E-state index is -0.113. The van der Waals surface area contributed by atoms with Crippen LogP contribution in [-0.4, -0.2) is 38.8 Å². The van der Waals surface area contributed by atoms with Crippen LogP contribution in [0.4, 0.5) is 0 Å². The third kappa shape index (κ3) is 4.13. The molecule has 1 unspecified atom stereocenters. The maximum atomic E-state index is 12.1. The van der Waals surface area contributed by atoms with Crippen LogP contribution < -0.4 is 5.32 Å². The summed E-state index contributed by atoms with van der Waals surface area (Å²) in [7, 11) is 0. The average Bonchev–Trinajstić information content (AvgIpc) is 2.92. The molecule has 0 saturated heterocycles. The van der Waals surface area contributed by atoms with E-state index in [0.29, 0.717) is 17.8 Å². The standard InChI is InChI=1S/C15H20N4O2/c1-10(4-3-9-20)16-15(21)13-7-5-12(6-8-13)14-17-11(2)18-19-14/h5-8,10,20H,3-4,9H2,1-2H3,(H,16,21)(H,17,18,19). The number of carbonyl (C=O) groups is 1. The third-order valence-corrected chi connectivity index (χ3v) is 3.18. The number of aliphatic hydroxyl groups excluding tert-OH is 1. The predicted octanol–water partition coefficient (Wildman–Crippen LogP) is 1.67. The molecule has 0 aliphatic rings. The zero-order valence-electron chi connectivity index (χ0n) is 12.3. The zero-order valence-corrected chi connectivity index (χ0v) is 12.3. The minimum Gasteiger partial charge on any atom is -0.396 e. The van der Waals surface area contributed by atoms with Gasteiger partial charge in [-0.15, -0.1) is 0 Å². The fourth-order valence-electron chi connectivity index (χ4n) is 2.02. The first-order chi connectivity index (χ1) is 10.1. The van der Waals surface area contributed by atoms with Gasteiger partial charge in [0.25, 0.3) is 5.91 Å². The van der Waals surface area contributed by atoms with E-state index in [9.17, 15) is 4.79 Å². The van der Waals surface area contributed by atoms with Gasteiger partial charge >= 0.3 is 0 Å². The topological polar surface area (TPSA) is 90.9 Å². The van der Waals surface area contributed by atoms with E-state index in [0.717, 1.165) is 17.8 Å². The van der Waals surface area contributed by atoms with Crippen LogP contribution in [-0.2, 0) is 0 Å². The Morgan fingerprint density at radius 3 is 2.67 bits per heavy atom. The van der Waals surface area contributed by atoms with E-state index in [1.807, 2.05) is 26.0 Å². The molecule has 0 fully saturated rings. The number of hydrogen-bond acceptors (Lipinski definition) is 4. The first-order valence-corrected chi connectivity index (χ1v) is 7.01. The predicted molar refractivity (Wildman–Crippen MR) is 79.8 cm³/mol. The van der Waals surface area contributed by atoms with Gasteiger partial charge < -0.3 is 10.4 Å². The van der Waals surface area contributed by atoms with E-state index >= 15 is 0 Å². The highest BCUT2D eigenvalue weighted by atomic mass is 16.3.